The number of Topliss-reactive ketones (excluding diaryl/α,β-unsaturated/α-hetero) is 1. The van der Waals surface area contributed by atoms with Crippen LogP contribution in [0, 0.1) is 0 Å². The standard InChI is InChI=1S/C11H12N4O/c1-15-7-10(13-14-15)6-11(16)8-3-2-4-9(12)5-8/h2-5,7H,6,12H2,1H3. The van der Waals surface area contributed by atoms with Crippen LogP contribution in [0.2, 0.25) is 0 Å². The Morgan fingerprint density at radius 2 is 2.31 bits per heavy atom. The Morgan fingerprint density at radius 1 is 1.50 bits per heavy atom. The fourth-order valence-corrected chi connectivity index (χ4v) is 1.45. The van der Waals surface area contributed by atoms with Crippen LogP contribution in [0.15, 0.2) is 30.5 Å². The SMILES string of the molecule is Cn1cc(CC(=O)c2cccc(N)c2)nn1. The number of hydrogen-bond donors (Lipinski definition) is 1. The lowest BCUT2D eigenvalue weighted by Crippen LogP contribution is -2.04. The van der Waals surface area contributed by atoms with E-state index in [0.29, 0.717) is 16.9 Å². The van der Waals surface area contributed by atoms with Gasteiger partial charge in [-0.2, -0.15) is 0 Å². The Hall–Kier alpha value is -2.17. The van der Waals surface area contributed by atoms with Gasteiger partial charge in [0.25, 0.3) is 0 Å². The van der Waals surface area contributed by atoms with Crippen LogP contribution in [0.3, 0.4) is 0 Å². The molecule has 2 aromatic rings. The van der Waals surface area contributed by atoms with Crippen molar-refractivity contribution >= 4 is 11.5 Å². The molecular formula is C11H12N4O. The number of carbonyl (C=O) groups excluding carboxylic acids is 1. The van der Waals surface area contributed by atoms with E-state index in [2.05, 4.69) is 10.3 Å². The van der Waals surface area contributed by atoms with Crippen LogP contribution in [0.25, 0.3) is 0 Å². The van der Waals surface area contributed by atoms with E-state index in [0.717, 1.165) is 0 Å². The summed E-state index contributed by atoms with van der Waals surface area (Å²) in [6, 6.07) is 6.92. The number of rotatable bonds is 3. The van der Waals surface area contributed by atoms with E-state index in [1.165, 1.54) is 0 Å². The molecule has 0 bridgehead atoms. The van der Waals surface area contributed by atoms with Crippen molar-refractivity contribution in [2.75, 3.05) is 5.73 Å². The maximum atomic E-state index is 11.8. The molecule has 1 heterocycles. The van der Waals surface area contributed by atoms with Gasteiger partial charge < -0.3 is 5.73 Å². The average Bonchev–Trinajstić information content (AvgIpc) is 2.64. The number of nitrogens with two attached hydrogens (primary N) is 1. The molecule has 0 aliphatic rings. The lowest BCUT2D eigenvalue weighted by molar-refractivity contribution is 0.0992. The number of aryl methyl sites for hydroxylation is 1. The third-order valence-electron chi connectivity index (χ3n) is 2.20. The largest absolute Gasteiger partial charge is 0.399 e. The minimum absolute atomic E-state index is 0.00667. The molecule has 16 heavy (non-hydrogen) atoms. The first kappa shape index (κ1) is 10.4. The van der Waals surface area contributed by atoms with Crippen LogP contribution in [0.4, 0.5) is 5.69 Å². The zero-order valence-corrected chi connectivity index (χ0v) is 8.92. The van der Waals surface area contributed by atoms with E-state index in [9.17, 15) is 4.79 Å². The first-order valence-electron chi connectivity index (χ1n) is 4.89. The maximum absolute atomic E-state index is 11.8. The van der Waals surface area contributed by atoms with E-state index in [1.54, 1.807) is 42.2 Å². The summed E-state index contributed by atoms with van der Waals surface area (Å²) in [6.45, 7) is 0. The molecule has 82 valence electrons. The zero-order chi connectivity index (χ0) is 11.5. The van der Waals surface area contributed by atoms with Gasteiger partial charge in [-0.05, 0) is 12.1 Å². The van der Waals surface area contributed by atoms with E-state index >= 15 is 0 Å². The quantitative estimate of drug-likeness (QED) is 0.609. The molecule has 2 N–H and O–H groups in total. The molecular weight excluding hydrogens is 204 g/mol. The normalized spacial score (nSPS) is 10.3. The molecule has 0 saturated heterocycles. The van der Waals surface area contributed by atoms with E-state index in [4.69, 9.17) is 5.73 Å². The van der Waals surface area contributed by atoms with Crippen LogP contribution < -0.4 is 5.73 Å². The molecule has 5 nitrogen and oxygen atoms in total. The lowest BCUT2D eigenvalue weighted by atomic mass is 10.1. The second kappa shape index (κ2) is 4.14. The number of nitrogen functional groups attached to an aromatic ring is 1. The summed E-state index contributed by atoms with van der Waals surface area (Å²) in [5.41, 5.74) is 7.46. The van der Waals surface area contributed by atoms with Crippen molar-refractivity contribution in [3.63, 3.8) is 0 Å². The molecule has 1 aromatic carbocycles. The van der Waals surface area contributed by atoms with Gasteiger partial charge in [-0.15, -0.1) is 5.10 Å². The Balaban J connectivity index is 2.14. The summed E-state index contributed by atoms with van der Waals surface area (Å²) < 4.78 is 1.57. The molecule has 0 aliphatic carbocycles. The number of nitrogens with zero attached hydrogens (tertiary/aromatic N) is 3. The van der Waals surface area contributed by atoms with Crippen molar-refractivity contribution < 1.29 is 4.79 Å². The minimum Gasteiger partial charge on any atom is -0.399 e. The van der Waals surface area contributed by atoms with Crippen LogP contribution in [0.5, 0.6) is 0 Å². The summed E-state index contributed by atoms with van der Waals surface area (Å²) >= 11 is 0. The van der Waals surface area contributed by atoms with Gasteiger partial charge in [0.05, 0.1) is 12.1 Å². The van der Waals surface area contributed by atoms with Crippen molar-refractivity contribution in [2.45, 2.75) is 6.42 Å². The molecule has 1 aromatic heterocycles. The third-order valence-corrected chi connectivity index (χ3v) is 2.20. The first-order chi connectivity index (χ1) is 7.65. The summed E-state index contributed by atoms with van der Waals surface area (Å²) in [5, 5.41) is 7.64. The zero-order valence-electron chi connectivity index (χ0n) is 8.92. The van der Waals surface area contributed by atoms with Crippen molar-refractivity contribution in [3.8, 4) is 0 Å². The van der Waals surface area contributed by atoms with E-state index in [-0.39, 0.29) is 12.2 Å². The second-order valence-corrected chi connectivity index (χ2v) is 3.61. The fourth-order valence-electron chi connectivity index (χ4n) is 1.45. The number of aromatic nitrogens is 3. The van der Waals surface area contributed by atoms with Gasteiger partial charge in [0, 0.05) is 24.5 Å². The summed E-state index contributed by atoms with van der Waals surface area (Å²) in [6.07, 6.45) is 1.97. The summed E-state index contributed by atoms with van der Waals surface area (Å²) in [7, 11) is 1.77. The molecule has 5 heteroatoms. The minimum atomic E-state index is -0.00667. The lowest BCUT2D eigenvalue weighted by Gasteiger charge is -1.99. The molecule has 0 amide bonds. The number of ketones is 1. The van der Waals surface area contributed by atoms with Crippen molar-refractivity contribution in [2.24, 2.45) is 7.05 Å². The third kappa shape index (κ3) is 2.25. The summed E-state index contributed by atoms with van der Waals surface area (Å²) in [4.78, 5) is 11.8. The number of benzene rings is 1. The fraction of sp³-hybridized carbons (Fsp3) is 0.182. The van der Waals surface area contributed by atoms with Crippen molar-refractivity contribution in [3.05, 3.63) is 41.7 Å². The predicted molar refractivity (Wildman–Crippen MR) is 59.9 cm³/mol. The average molecular weight is 216 g/mol. The molecule has 0 atom stereocenters. The monoisotopic (exact) mass is 216 g/mol. The Morgan fingerprint density at radius 3 is 2.94 bits per heavy atom. The Bertz CT molecular complexity index is 518. The summed E-state index contributed by atoms with van der Waals surface area (Å²) in [5.74, 6) is -0.00667. The van der Waals surface area contributed by atoms with Gasteiger partial charge in [0.2, 0.25) is 0 Å². The van der Waals surface area contributed by atoms with Crippen LogP contribution in [-0.4, -0.2) is 20.8 Å². The van der Waals surface area contributed by atoms with Crippen LogP contribution in [0.1, 0.15) is 16.1 Å². The van der Waals surface area contributed by atoms with E-state index in [1.807, 2.05) is 0 Å². The number of carbonyl (C=O) groups is 1. The van der Waals surface area contributed by atoms with Crippen molar-refractivity contribution in [1.82, 2.24) is 15.0 Å². The molecule has 0 saturated carbocycles. The molecule has 2 rings (SSSR count). The highest BCUT2D eigenvalue weighted by Gasteiger charge is 2.09. The molecule has 0 radical (unpaired) electrons. The Kier molecular flexibility index (Phi) is 2.68. The molecule has 0 unspecified atom stereocenters. The van der Waals surface area contributed by atoms with Crippen LogP contribution >= 0.6 is 0 Å². The smallest absolute Gasteiger partial charge is 0.169 e. The van der Waals surface area contributed by atoms with E-state index < -0.39 is 0 Å². The highest BCUT2D eigenvalue weighted by molar-refractivity contribution is 5.97. The van der Waals surface area contributed by atoms with Crippen molar-refractivity contribution in [1.29, 1.82) is 0 Å². The molecule has 0 spiro atoms. The van der Waals surface area contributed by atoms with Gasteiger partial charge in [-0.3, -0.25) is 9.48 Å². The first-order valence-corrected chi connectivity index (χ1v) is 4.89. The predicted octanol–water partition coefficient (Wildman–Crippen LogP) is 0.823. The molecule has 0 aliphatic heterocycles. The van der Waals surface area contributed by atoms with Gasteiger partial charge in [-0.1, -0.05) is 17.3 Å². The second-order valence-electron chi connectivity index (χ2n) is 3.61. The van der Waals surface area contributed by atoms with Gasteiger partial charge in [-0.25, -0.2) is 0 Å². The maximum Gasteiger partial charge on any atom is 0.169 e. The topological polar surface area (TPSA) is 73.8 Å². The van der Waals surface area contributed by atoms with Gasteiger partial charge >= 0.3 is 0 Å². The Labute approximate surface area is 92.9 Å². The molecule has 0 fully saturated rings. The number of anilines is 1. The highest BCUT2D eigenvalue weighted by Crippen LogP contribution is 2.09. The van der Waals surface area contributed by atoms with Gasteiger partial charge in [0.1, 0.15) is 0 Å². The highest BCUT2D eigenvalue weighted by atomic mass is 16.1. The van der Waals surface area contributed by atoms with Crippen LogP contribution in [-0.2, 0) is 13.5 Å². The van der Waals surface area contributed by atoms with Gasteiger partial charge in [0.15, 0.2) is 5.78 Å². The number of hydrogen-bond acceptors (Lipinski definition) is 4.